The molecule has 0 aliphatic carbocycles. The van der Waals surface area contributed by atoms with E-state index in [4.69, 9.17) is 15.2 Å². The van der Waals surface area contributed by atoms with Crippen molar-refractivity contribution in [1.29, 1.82) is 0 Å². The predicted octanol–water partition coefficient (Wildman–Crippen LogP) is 2.92. The first kappa shape index (κ1) is 13.4. The molecule has 1 aromatic heterocycles. The first-order valence-corrected chi connectivity index (χ1v) is 6.99. The fraction of sp³-hybridized carbons (Fsp3) is 0.615. The van der Waals surface area contributed by atoms with E-state index < -0.39 is 0 Å². The molecule has 2 atom stereocenters. The molecule has 2 N–H and O–H groups in total. The molecule has 1 aliphatic heterocycles. The Kier molecular flexibility index (Phi) is 3.64. The number of hydrogen-bond donors (Lipinski definition) is 1. The van der Waals surface area contributed by atoms with Crippen molar-refractivity contribution in [1.82, 2.24) is 0 Å². The molecule has 0 spiro atoms. The van der Waals surface area contributed by atoms with Crippen LogP contribution in [-0.4, -0.2) is 18.2 Å². The molecule has 2 rings (SSSR count). The highest BCUT2D eigenvalue weighted by atomic mass is 32.1. The van der Waals surface area contributed by atoms with Crippen LogP contribution in [0.1, 0.15) is 54.6 Å². The van der Waals surface area contributed by atoms with Crippen molar-refractivity contribution in [3.05, 3.63) is 16.0 Å². The van der Waals surface area contributed by atoms with Gasteiger partial charge in [0.15, 0.2) is 0 Å². The lowest BCUT2D eigenvalue weighted by atomic mass is 9.99. The Balaban J connectivity index is 2.40. The first-order chi connectivity index (χ1) is 8.40. The van der Waals surface area contributed by atoms with E-state index >= 15 is 0 Å². The lowest BCUT2D eigenvalue weighted by Gasteiger charge is -2.25. The van der Waals surface area contributed by atoms with Gasteiger partial charge < -0.3 is 15.2 Å². The number of carbonyl (C=O) groups is 1. The van der Waals surface area contributed by atoms with Gasteiger partial charge in [0.2, 0.25) is 0 Å². The maximum absolute atomic E-state index is 12.1. The van der Waals surface area contributed by atoms with Gasteiger partial charge in [-0.25, -0.2) is 4.79 Å². The van der Waals surface area contributed by atoms with Crippen molar-refractivity contribution in [3.63, 3.8) is 0 Å². The molecule has 0 aromatic carbocycles. The molecule has 0 saturated carbocycles. The van der Waals surface area contributed by atoms with Crippen molar-refractivity contribution in [2.24, 2.45) is 0 Å². The fourth-order valence-electron chi connectivity index (χ4n) is 2.28. The van der Waals surface area contributed by atoms with Gasteiger partial charge in [-0.1, -0.05) is 0 Å². The van der Waals surface area contributed by atoms with Crippen LogP contribution in [0.3, 0.4) is 0 Å². The number of ether oxygens (including phenoxy) is 2. The SMILES string of the molecule is CC(C)OC(=O)c1c(N)sc2c1CC(C)OC2C. The number of esters is 1. The van der Waals surface area contributed by atoms with Gasteiger partial charge in [-0.05, 0) is 33.3 Å². The predicted molar refractivity (Wildman–Crippen MR) is 71.9 cm³/mol. The van der Waals surface area contributed by atoms with Gasteiger partial charge in [0, 0.05) is 11.3 Å². The summed E-state index contributed by atoms with van der Waals surface area (Å²) in [5.74, 6) is -0.318. The molecule has 0 radical (unpaired) electrons. The topological polar surface area (TPSA) is 61.5 Å². The van der Waals surface area contributed by atoms with Gasteiger partial charge in [-0.2, -0.15) is 0 Å². The van der Waals surface area contributed by atoms with Crippen LogP contribution in [0.15, 0.2) is 0 Å². The van der Waals surface area contributed by atoms with Crippen LogP contribution in [0.4, 0.5) is 5.00 Å². The Morgan fingerprint density at radius 2 is 2.17 bits per heavy atom. The molecule has 0 fully saturated rings. The third-order valence-electron chi connectivity index (χ3n) is 2.91. The van der Waals surface area contributed by atoms with E-state index in [9.17, 15) is 4.79 Å². The number of rotatable bonds is 2. The smallest absolute Gasteiger partial charge is 0.341 e. The van der Waals surface area contributed by atoms with Crippen LogP contribution < -0.4 is 5.73 Å². The second kappa shape index (κ2) is 4.90. The molecule has 18 heavy (non-hydrogen) atoms. The van der Waals surface area contributed by atoms with Gasteiger partial charge in [0.1, 0.15) is 5.00 Å². The van der Waals surface area contributed by atoms with Crippen LogP contribution in [0.5, 0.6) is 0 Å². The molecule has 0 saturated heterocycles. The molecule has 1 aromatic rings. The number of anilines is 1. The third-order valence-corrected chi connectivity index (χ3v) is 4.13. The minimum atomic E-state index is -0.318. The normalized spacial score (nSPS) is 22.9. The Morgan fingerprint density at radius 1 is 1.50 bits per heavy atom. The van der Waals surface area contributed by atoms with Crippen LogP contribution in [-0.2, 0) is 15.9 Å². The number of nitrogens with two attached hydrogens (primary N) is 1. The monoisotopic (exact) mass is 269 g/mol. The molecule has 1 aliphatic rings. The van der Waals surface area contributed by atoms with E-state index in [2.05, 4.69) is 0 Å². The standard InChI is InChI=1S/C13H19NO3S/c1-6(2)16-13(15)10-9-5-7(3)17-8(4)11(9)18-12(10)14/h6-8H,5,14H2,1-4H3. The zero-order valence-electron chi connectivity index (χ0n) is 11.1. The Morgan fingerprint density at radius 3 is 2.78 bits per heavy atom. The van der Waals surface area contributed by atoms with Crippen molar-refractivity contribution in [2.45, 2.75) is 52.4 Å². The zero-order valence-corrected chi connectivity index (χ0v) is 12.0. The number of thiophene rings is 1. The third kappa shape index (κ3) is 2.37. The lowest BCUT2D eigenvalue weighted by molar-refractivity contribution is -0.00262. The van der Waals surface area contributed by atoms with Gasteiger partial charge in [0.05, 0.1) is 23.9 Å². The summed E-state index contributed by atoms with van der Waals surface area (Å²) in [6.45, 7) is 7.66. The lowest BCUT2D eigenvalue weighted by Crippen LogP contribution is -2.23. The number of carbonyl (C=O) groups excluding carboxylic acids is 1. The summed E-state index contributed by atoms with van der Waals surface area (Å²) in [6.07, 6.45) is 0.682. The summed E-state index contributed by atoms with van der Waals surface area (Å²) >= 11 is 1.43. The van der Waals surface area contributed by atoms with Crippen molar-refractivity contribution in [2.75, 3.05) is 5.73 Å². The first-order valence-electron chi connectivity index (χ1n) is 6.17. The van der Waals surface area contributed by atoms with E-state index in [0.29, 0.717) is 10.6 Å². The molecule has 5 heteroatoms. The van der Waals surface area contributed by atoms with E-state index in [1.54, 1.807) is 0 Å². The molecule has 0 bridgehead atoms. The van der Waals surface area contributed by atoms with Gasteiger partial charge in [-0.15, -0.1) is 11.3 Å². The highest BCUT2D eigenvalue weighted by molar-refractivity contribution is 7.16. The van der Waals surface area contributed by atoms with E-state index in [0.717, 1.165) is 16.9 Å². The Hall–Kier alpha value is -1.07. The van der Waals surface area contributed by atoms with Crippen molar-refractivity contribution >= 4 is 22.3 Å². The second-order valence-corrected chi connectivity index (χ2v) is 6.02. The average Bonchev–Trinajstić information content (AvgIpc) is 2.53. The van der Waals surface area contributed by atoms with Crippen LogP contribution in [0, 0.1) is 0 Å². The van der Waals surface area contributed by atoms with Crippen molar-refractivity contribution in [3.8, 4) is 0 Å². The number of nitrogen functional groups attached to an aromatic ring is 1. The summed E-state index contributed by atoms with van der Waals surface area (Å²) < 4.78 is 11.0. The zero-order chi connectivity index (χ0) is 13.4. The number of hydrogen-bond acceptors (Lipinski definition) is 5. The number of fused-ring (bicyclic) bond motifs is 1. The van der Waals surface area contributed by atoms with Gasteiger partial charge in [-0.3, -0.25) is 0 Å². The van der Waals surface area contributed by atoms with Crippen LogP contribution >= 0.6 is 11.3 Å². The fourth-order valence-corrected chi connectivity index (χ4v) is 3.35. The van der Waals surface area contributed by atoms with E-state index in [-0.39, 0.29) is 24.3 Å². The molecular formula is C13H19NO3S. The summed E-state index contributed by atoms with van der Waals surface area (Å²) in [4.78, 5) is 13.1. The molecule has 2 unspecified atom stereocenters. The molecule has 100 valence electrons. The summed E-state index contributed by atoms with van der Waals surface area (Å²) in [7, 11) is 0. The maximum Gasteiger partial charge on any atom is 0.341 e. The highest BCUT2D eigenvalue weighted by Crippen LogP contribution is 2.41. The van der Waals surface area contributed by atoms with Crippen LogP contribution in [0.2, 0.25) is 0 Å². The maximum atomic E-state index is 12.1. The average molecular weight is 269 g/mol. The van der Waals surface area contributed by atoms with E-state index in [1.807, 2.05) is 27.7 Å². The van der Waals surface area contributed by atoms with Gasteiger partial charge in [0.25, 0.3) is 0 Å². The summed E-state index contributed by atoms with van der Waals surface area (Å²) in [5.41, 5.74) is 7.52. The summed E-state index contributed by atoms with van der Waals surface area (Å²) in [5, 5.41) is 0.537. The van der Waals surface area contributed by atoms with Crippen LogP contribution in [0.25, 0.3) is 0 Å². The molecule has 2 heterocycles. The van der Waals surface area contributed by atoms with E-state index in [1.165, 1.54) is 11.3 Å². The second-order valence-electron chi connectivity index (χ2n) is 4.93. The largest absolute Gasteiger partial charge is 0.459 e. The summed E-state index contributed by atoms with van der Waals surface area (Å²) in [6, 6.07) is 0. The Bertz CT molecular complexity index is 467. The van der Waals surface area contributed by atoms with Crippen molar-refractivity contribution < 1.29 is 14.3 Å². The molecule has 0 amide bonds. The minimum Gasteiger partial charge on any atom is -0.459 e. The molecule has 4 nitrogen and oxygen atoms in total. The Labute approximate surface area is 111 Å². The van der Waals surface area contributed by atoms with Gasteiger partial charge >= 0.3 is 5.97 Å². The molecular weight excluding hydrogens is 250 g/mol. The minimum absolute atomic E-state index is 0.00310. The highest BCUT2D eigenvalue weighted by Gasteiger charge is 2.31. The quantitative estimate of drug-likeness (QED) is 0.839.